The van der Waals surface area contributed by atoms with Crippen molar-refractivity contribution in [2.75, 3.05) is 14.2 Å². The van der Waals surface area contributed by atoms with Gasteiger partial charge in [-0.1, -0.05) is 0 Å². The zero-order valence-electron chi connectivity index (χ0n) is 10.8. The highest BCUT2D eigenvalue weighted by atomic mass is 16.5. The first kappa shape index (κ1) is 12.2. The van der Waals surface area contributed by atoms with Gasteiger partial charge in [0.1, 0.15) is 11.5 Å². The number of methoxy groups -OCH3 is 2. The Morgan fingerprint density at radius 2 is 2.00 bits per heavy atom. The van der Waals surface area contributed by atoms with Crippen molar-refractivity contribution in [1.29, 1.82) is 0 Å². The number of pyridine rings is 1. The Hall–Kier alpha value is -2.90. The fourth-order valence-corrected chi connectivity index (χ4v) is 1.98. The molecule has 3 rings (SSSR count). The van der Waals surface area contributed by atoms with Gasteiger partial charge >= 0.3 is 0 Å². The topological polar surface area (TPSA) is 106 Å². The molecule has 0 bridgehead atoms. The Balaban J connectivity index is 2.32. The number of benzene rings is 1. The molecule has 2 N–H and O–H groups in total. The summed E-state index contributed by atoms with van der Waals surface area (Å²) in [5.74, 6) is 1.38. The first-order chi connectivity index (χ1) is 9.72. The van der Waals surface area contributed by atoms with Crippen LogP contribution in [0.2, 0.25) is 0 Å². The molecule has 2 heterocycles. The number of tetrazole rings is 1. The third kappa shape index (κ3) is 1.87. The summed E-state index contributed by atoms with van der Waals surface area (Å²) in [6.45, 7) is 0. The number of nitrogens with one attached hydrogen (secondary N) is 2. The van der Waals surface area contributed by atoms with Crippen molar-refractivity contribution >= 4 is 10.9 Å². The van der Waals surface area contributed by atoms with E-state index in [1.807, 2.05) is 0 Å². The molecule has 0 aliphatic carbocycles. The highest BCUT2D eigenvalue weighted by Gasteiger charge is 2.13. The second kappa shape index (κ2) is 4.65. The van der Waals surface area contributed by atoms with Gasteiger partial charge in [0.15, 0.2) is 0 Å². The maximum atomic E-state index is 12.1. The summed E-state index contributed by atoms with van der Waals surface area (Å²) in [4.78, 5) is 14.8. The summed E-state index contributed by atoms with van der Waals surface area (Å²) < 4.78 is 10.5. The van der Waals surface area contributed by atoms with Gasteiger partial charge in [0.05, 0.1) is 25.3 Å². The molecule has 0 fully saturated rings. The average Bonchev–Trinajstić information content (AvgIpc) is 2.99. The van der Waals surface area contributed by atoms with Crippen LogP contribution in [0.3, 0.4) is 0 Å². The van der Waals surface area contributed by atoms with Crippen molar-refractivity contribution < 1.29 is 9.47 Å². The van der Waals surface area contributed by atoms with Crippen molar-refractivity contribution in [1.82, 2.24) is 25.6 Å². The van der Waals surface area contributed by atoms with Crippen LogP contribution in [-0.4, -0.2) is 39.8 Å². The van der Waals surface area contributed by atoms with E-state index in [0.717, 1.165) is 5.39 Å². The van der Waals surface area contributed by atoms with E-state index < -0.39 is 0 Å². The van der Waals surface area contributed by atoms with Crippen LogP contribution in [-0.2, 0) is 0 Å². The van der Waals surface area contributed by atoms with E-state index in [1.165, 1.54) is 7.11 Å². The van der Waals surface area contributed by atoms with Crippen LogP contribution < -0.4 is 15.0 Å². The lowest BCUT2D eigenvalue weighted by molar-refractivity contribution is 0.397. The van der Waals surface area contributed by atoms with E-state index in [9.17, 15) is 4.79 Å². The first-order valence-electron chi connectivity index (χ1n) is 5.76. The molecule has 20 heavy (non-hydrogen) atoms. The summed E-state index contributed by atoms with van der Waals surface area (Å²) in [5, 5.41) is 14.1. The highest BCUT2D eigenvalue weighted by Crippen LogP contribution is 2.30. The summed E-state index contributed by atoms with van der Waals surface area (Å²) in [6.07, 6.45) is 0. The van der Waals surface area contributed by atoms with Crippen molar-refractivity contribution in [2.45, 2.75) is 0 Å². The second-order valence-electron chi connectivity index (χ2n) is 4.04. The van der Waals surface area contributed by atoms with Crippen LogP contribution in [0, 0.1) is 0 Å². The highest BCUT2D eigenvalue weighted by molar-refractivity contribution is 5.88. The second-order valence-corrected chi connectivity index (χ2v) is 4.04. The van der Waals surface area contributed by atoms with Crippen LogP contribution in [0.4, 0.5) is 0 Å². The third-order valence-electron chi connectivity index (χ3n) is 2.93. The molecular weight excluding hydrogens is 262 g/mol. The number of aromatic nitrogens is 5. The predicted octanol–water partition coefficient (Wildman–Crippen LogP) is 0.725. The number of aromatic amines is 2. The lowest BCUT2D eigenvalue weighted by Gasteiger charge is -2.09. The fraction of sp³-hybridized carbons (Fsp3) is 0.167. The van der Waals surface area contributed by atoms with Gasteiger partial charge in [-0.15, -0.1) is 10.2 Å². The molecule has 0 aliphatic rings. The number of ether oxygens (including phenoxy) is 2. The molecule has 8 nitrogen and oxygen atoms in total. The number of fused-ring (bicyclic) bond motifs is 1. The van der Waals surface area contributed by atoms with E-state index in [-0.39, 0.29) is 11.4 Å². The minimum Gasteiger partial charge on any atom is -0.497 e. The van der Waals surface area contributed by atoms with Crippen molar-refractivity contribution in [2.24, 2.45) is 0 Å². The molecule has 0 saturated heterocycles. The van der Waals surface area contributed by atoms with Crippen molar-refractivity contribution in [3.8, 4) is 22.9 Å². The van der Waals surface area contributed by atoms with E-state index >= 15 is 0 Å². The van der Waals surface area contributed by atoms with E-state index in [0.29, 0.717) is 22.6 Å². The van der Waals surface area contributed by atoms with E-state index in [2.05, 4.69) is 25.6 Å². The predicted molar refractivity (Wildman–Crippen MR) is 70.8 cm³/mol. The molecule has 102 valence electrons. The smallest absolute Gasteiger partial charge is 0.259 e. The average molecular weight is 273 g/mol. The molecule has 0 radical (unpaired) electrons. The van der Waals surface area contributed by atoms with E-state index in [4.69, 9.17) is 9.47 Å². The number of nitrogens with zero attached hydrogens (tertiary/aromatic N) is 3. The quantitative estimate of drug-likeness (QED) is 0.728. The Morgan fingerprint density at radius 1 is 1.15 bits per heavy atom. The van der Waals surface area contributed by atoms with Gasteiger partial charge in [-0.2, -0.15) is 5.21 Å². The number of H-pyrrole nitrogens is 2. The molecule has 3 aromatic rings. The third-order valence-corrected chi connectivity index (χ3v) is 2.93. The zero-order chi connectivity index (χ0) is 14.1. The Morgan fingerprint density at radius 3 is 2.65 bits per heavy atom. The Kier molecular flexibility index (Phi) is 2.82. The van der Waals surface area contributed by atoms with Gasteiger partial charge in [0, 0.05) is 11.5 Å². The van der Waals surface area contributed by atoms with Crippen LogP contribution in [0.25, 0.3) is 22.3 Å². The van der Waals surface area contributed by atoms with Crippen LogP contribution in [0.5, 0.6) is 11.5 Å². The van der Waals surface area contributed by atoms with Crippen LogP contribution in [0.1, 0.15) is 0 Å². The minimum atomic E-state index is -0.317. The molecule has 8 heteroatoms. The maximum absolute atomic E-state index is 12.1. The van der Waals surface area contributed by atoms with Gasteiger partial charge in [-0.05, 0) is 17.3 Å². The summed E-state index contributed by atoms with van der Waals surface area (Å²) in [7, 11) is 3.09. The molecule has 0 saturated carbocycles. The number of rotatable bonds is 3. The molecule has 0 atom stereocenters. The normalized spacial score (nSPS) is 10.7. The lowest BCUT2D eigenvalue weighted by atomic mass is 10.1. The maximum Gasteiger partial charge on any atom is 0.259 e. The molecule has 2 aromatic heterocycles. The van der Waals surface area contributed by atoms with Gasteiger partial charge in [0.25, 0.3) is 5.56 Å². The van der Waals surface area contributed by atoms with E-state index in [1.54, 1.807) is 25.3 Å². The number of hydrogen-bond donors (Lipinski definition) is 2. The van der Waals surface area contributed by atoms with Crippen LogP contribution in [0.15, 0.2) is 23.0 Å². The minimum absolute atomic E-state index is 0.231. The Labute approximate surface area is 112 Å². The molecule has 0 unspecified atom stereocenters. The van der Waals surface area contributed by atoms with Crippen molar-refractivity contribution in [3.63, 3.8) is 0 Å². The lowest BCUT2D eigenvalue weighted by Crippen LogP contribution is -2.10. The zero-order valence-corrected chi connectivity index (χ0v) is 10.8. The first-order valence-corrected chi connectivity index (χ1v) is 5.76. The summed E-state index contributed by atoms with van der Waals surface area (Å²) >= 11 is 0. The Bertz CT molecular complexity index is 810. The largest absolute Gasteiger partial charge is 0.497 e. The molecule has 0 spiro atoms. The van der Waals surface area contributed by atoms with Gasteiger partial charge in [-0.25, -0.2) is 0 Å². The summed E-state index contributed by atoms with van der Waals surface area (Å²) in [6, 6.07) is 5.16. The van der Waals surface area contributed by atoms with Gasteiger partial charge in [-0.3, -0.25) is 4.79 Å². The van der Waals surface area contributed by atoms with Crippen molar-refractivity contribution in [3.05, 3.63) is 28.6 Å². The summed E-state index contributed by atoms with van der Waals surface area (Å²) in [5.41, 5.74) is 0.592. The fourth-order valence-electron chi connectivity index (χ4n) is 1.98. The van der Waals surface area contributed by atoms with Crippen LogP contribution >= 0.6 is 0 Å². The number of hydrogen-bond acceptors (Lipinski definition) is 6. The van der Waals surface area contributed by atoms with Gasteiger partial charge in [0.2, 0.25) is 5.82 Å². The molecule has 0 aliphatic heterocycles. The molecule has 0 amide bonds. The monoisotopic (exact) mass is 273 g/mol. The SMILES string of the molecule is COc1cc(OC)c2[nH]c(=O)c(-c3nn[nH]n3)cc2c1. The standard InChI is InChI=1S/C12H11N5O3/c1-19-7-3-6-4-8(11-14-16-17-15-11)12(18)13-10(6)9(5-7)20-2/h3-5H,1-2H3,(H,13,18)(H,14,15,16,17). The van der Waals surface area contributed by atoms with Gasteiger partial charge < -0.3 is 14.5 Å². The molecular formula is C12H11N5O3. The molecule has 1 aromatic carbocycles.